The predicted molar refractivity (Wildman–Crippen MR) is 86.6 cm³/mol. The fourth-order valence-electron chi connectivity index (χ4n) is 2.09. The number of nitrogens with zero attached hydrogens (tertiary/aromatic N) is 2. The molecule has 1 aromatic rings. The Bertz CT molecular complexity index is 454. The Kier molecular flexibility index (Phi) is 6.81. The molecule has 0 radical (unpaired) electrons. The van der Waals surface area contributed by atoms with Crippen LogP contribution >= 0.6 is 11.8 Å². The van der Waals surface area contributed by atoms with Gasteiger partial charge in [-0.1, -0.05) is 12.1 Å². The lowest BCUT2D eigenvalue weighted by atomic mass is 10.1. The summed E-state index contributed by atoms with van der Waals surface area (Å²) in [7, 11) is 3.78. The van der Waals surface area contributed by atoms with Crippen molar-refractivity contribution in [3.05, 3.63) is 33.9 Å². The molecular weight excluding hydrogens is 274 g/mol. The largest absolute Gasteiger partial charge is 0.382 e. The molecule has 1 aromatic carbocycles. The first-order chi connectivity index (χ1) is 9.51. The van der Waals surface area contributed by atoms with E-state index in [2.05, 4.69) is 30.4 Å². The van der Waals surface area contributed by atoms with Gasteiger partial charge in [0, 0.05) is 25.7 Å². The van der Waals surface area contributed by atoms with Gasteiger partial charge in [0.2, 0.25) is 0 Å². The summed E-state index contributed by atoms with van der Waals surface area (Å²) in [6.07, 6.45) is 3.22. The lowest BCUT2D eigenvalue weighted by Crippen LogP contribution is -2.29. The van der Waals surface area contributed by atoms with Crippen molar-refractivity contribution < 1.29 is 4.92 Å². The minimum absolute atomic E-state index is 0.134. The number of hydrogen-bond acceptors (Lipinski definition) is 5. The van der Waals surface area contributed by atoms with E-state index in [0.29, 0.717) is 18.3 Å². The van der Waals surface area contributed by atoms with E-state index in [1.807, 2.05) is 17.8 Å². The normalized spacial score (nSPS) is 12.4. The van der Waals surface area contributed by atoms with Crippen LogP contribution in [0.5, 0.6) is 0 Å². The summed E-state index contributed by atoms with van der Waals surface area (Å²) in [5.41, 5.74) is 1.71. The molecule has 5 nitrogen and oxygen atoms in total. The van der Waals surface area contributed by atoms with Crippen molar-refractivity contribution in [3.8, 4) is 0 Å². The molecule has 0 amide bonds. The van der Waals surface area contributed by atoms with E-state index in [1.165, 1.54) is 6.07 Å². The summed E-state index contributed by atoms with van der Waals surface area (Å²) in [5, 5.41) is 14.0. The standard InChI is InChI=1S/C14H23N3O2S/c1-11(8-9-20-4)16(3)10-12-6-5-7-13(17(18)19)14(12)15-2/h5-7,11,15H,8-10H2,1-4H3. The maximum absolute atomic E-state index is 11.0. The smallest absolute Gasteiger partial charge is 0.292 e. The van der Waals surface area contributed by atoms with Crippen LogP contribution in [0.4, 0.5) is 11.4 Å². The van der Waals surface area contributed by atoms with Gasteiger partial charge in [-0.05, 0) is 38.0 Å². The number of benzene rings is 1. The summed E-state index contributed by atoms with van der Waals surface area (Å²) < 4.78 is 0. The highest BCUT2D eigenvalue weighted by atomic mass is 32.2. The molecule has 1 atom stereocenters. The highest BCUT2D eigenvalue weighted by Crippen LogP contribution is 2.29. The van der Waals surface area contributed by atoms with Gasteiger partial charge in [0.05, 0.1) is 4.92 Å². The molecule has 0 spiro atoms. The van der Waals surface area contributed by atoms with Crippen LogP contribution in [0.3, 0.4) is 0 Å². The Hall–Kier alpha value is -1.27. The topological polar surface area (TPSA) is 58.4 Å². The van der Waals surface area contributed by atoms with Crippen LogP contribution in [0.25, 0.3) is 0 Å². The SMILES string of the molecule is CNc1c(CN(C)C(C)CCSC)cccc1[N+](=O)[O-]. The van der Waals surface area contributed by atoms with Gasteiger partial charge >= 0.3 is 0 Å². The molecule has 0 fully saturated rings. The molecule has 1 rings (SSSR count). The summed E-state index contributed by atoms with van der Waals surface area (Å²) >= 11 is 1.84. The summed E-state index contributed by atoms with van der Waals surface area (Å²) in [6.45, 7) is 2.89. The number of hydrogen-bond donors (Lipinski definition) is 1. The minimum Gasteiger partial charge on any atom is -0.382 e. The van der Waals surface area contributed by atoms with Crippen LogP contribution in [0.2, 0.25) is 0 Å². The third-order valence-corrected chi connectivity index (χ3v) is 4.13. The van der Waals surface area contributed by atoms with Gasteiger partial charge in [0.25, 0.3) is 5.69 Å². The van der Waals surface area contributed by atoms with E-state index in [-0.39, 0.29) is 10.6 Å². The van der Waals surface area contributed by atoms with E-state index in [4.69, 9.17) is 0 Å². The Morgan fingerprint density at radius 1 is 1.50 bits per heavy atom. The fraction of sp³-hybridized carbons (Fsp3) is 0.571. The highest BCUT2D eigenvalue weighted by Gasteiger charge is 2.18. The third kappa shape index (κ3) is 4.38. The van der Waals surface area contributed by atoms with E-state index >= 15 is 0 Å². The number of rotatable bonds is 8. The van der Waals surface area contributed by atoms with Crippen molar-refractivity contribution in [1.29, 1.82) is 0 Å². The first-order valence-corrected chi connectivity index (χ1v) is 8.03. The lowest BCUT2D eigenvalue weighted by Gasteiger charge is -2.25. The van der Waals surface area contributed by atoms with Crippen molar-refractivity contribution in [1.82, 2.24) is 4.90 Å². The number of para-hydroxylation sites is 1. The molecule has 0 aliphatic heterocycles. The molecule has 6 heteroatoms. The van der Waals surface area contributed by atoms with Gasteiger partial charge in [-0.3, -0.25) is 15.0 Å². The van der Waals surface area contributed by atoms with Gasteiger partial charge in [-0.2, -0.15) is 11.8 Å². The number of nitro groups is 1. The molecule has 0 saturated carbocycles. The van der Waals surface area contributed by atoms with Crippen molar-refractivity contribution in [2.75, 3.05) is 31.4 Å². The molecule has 0 aliphatic rings. The second kappa shape index (κ2) is 8.11. The summed E-state index contributed by atoms with van der Waals surface area (Å²) in [6, 6.07) is 5.67. The monoisotopic (exact) mass is 297 g/mol. The van der Waals surface area contributed by atoms with E-state index in [1.54, 1.807) is 13.1 Å². The molecule has 0 aliphatic carbocycles. The number of thioether (sulfide) groups is 1. The van der Waals surface area contributed by atoms with Gasteiger partial charge < -0.3 is 5.32 Å². The minimum atomic E-state index is -0.341. The lowest BCUT2D eigenvalue weighted by molar-refractivity contribution is -0.384. The number of nitro benzene ring substituents is 1. The molecular formula is C14H23N3O2S. The van der Waals surface area contributed by atoms with Gasteiger partial charge in [-0.15, -0.1) is 0 Å². The van der Waals surface area contributed by atoms with E-state index in [0.717, 1.165) is 17.7 Å². The Balaban J connectivity index is 2.86. The molecule has 1 N–H and O–H groups in total. The van der Waals surface area contributed by atoms with Crippen molar-refractivity contribution in [2.45, 2.75) is 25.9 Å². The predicted octanol–water partition coefficient (Wildman–Crippen LogP) is 3.21. The van der Waals surface area contributed by atoms with E-state index < -0.39 is 0 Å². The van der Waals surface area contributed by atoms with Crippen LogP contribution < -0.4 is 5.32 Å². The van der Waals surface area contributed by atoms with Crippen molar-refractivity contribution in [2.24, 2.45) is 0 Å². The Morgan fingerprint density at radius 2 is 2.20 bits per heavy atom. The Labute approximate surface area is 124 Å². The van der Waals surface area contributed by atoms with Gasteiger partial charge in [0.1, 0.15) is 5.69 Å². The molecule has 1 unspecified atom stereocenters. The molecule has 112 valence electrons. The zero-order valence-electron chi connectivity index (χ0n) is 12.5. The summed E-state index contributed by atoms with van der Waals surface area (Å²) in [4.78, 5) is 12.9. The first-order valence-electron chi connectivity index (χ1n) is 6.64. The van der Waals surface area contributed by atoms with Crippen LogP contribution in [-0.2, 0) is 6.54 Å². The number of anilines is 1. The van der Waals surface area contributed by atoms with Crippen LogP contribution in [-0.4, -0.2) is 42.0 Å². The summed E-state index contributed by atoms with van der Waals surface area (Å²) in [5.74, 6) is 1.12. The van der Waals surface area contributed by atoms with Crippen molar-refractivity contribution in [3.63, 3.8) is 0 Å². The van der Waals surface area contributed by atoms with Gasteiger partial charge in [-0.25, -0.2) is 0 Å². The first kappa shape index (κ1) is 16.8. The second-order valence-electron chi connectivity index (χ2n) is 4.86. The fourth-order valence-corrected chi connectivity index (χ4v) is 2.67. The quantitative estimate of drug-likeness (QED) is 0.590. The number of nitrogens with one attached hydrogen (secondary N) is 1. The molecule has 20 heavy (non-hydrogen) atoms. The maximum atomic E-state index is 11.0. The van der Waals surface area contributed by atoms with Crippen LogP contribution in [0.15, 0.2) is 18.2 Å². The van der Waals surface area contributed by atoms with Crippen molar-refractivity contribution >= 4 is 23.1 Å². The van der Waals surface area contributed by atoms with Crippen LogP contribution in [0, 0.1) is 10.1 Å². The highest BCUT2D eigenvalue weighted by molar-refractivity contribution is 7.98. The molecule has 0 aromatic heterocycles. The Morgan fingerprint density at radius 3 is 2.75 bits per heavy atom. The maximum Gasteiger partial charge on any atom is 0.292 e. The average molecular weight is 297 g/mol. The average Bonchev–Trinajstić information content (AvgIpc) is 2.44. The molecule has 0 saturated heterocycles. The zero-order chi connectivity index (χ0) is 15.1. The molecule has 0 heterocycles. The third-order valence-electron chi connectivity index (χ3n) is 3.49. The second-order valence-corrected chi connectivity index (χ2v) is 5.85. The molecule has 0 bridgehead atoms. The van der Waals surface area contributed by atoms with Gasteiger partial charge in [0.15, 0.2) is 0 Å². The zero-order valence-corrected chi connectivity index (χ0v) is 13.4. The van der Waals surface area contributed by atoms with Crippen LogP contribution in [0.1, 0.15) is 18.9 Å². The van der Waals surface area contributed by atoms with E-state index in [9.17, 15) is 10.1 Å².